The molecule has 2 aromatic carbocycles. The van der Waals surface area contributed by atoms with Gasteiger partial charge < -0.3 is 19.3 Å². The van der Waals surface area contributed by atoms with Gasteiger partial charge in [-0.15, -0.1) is 0 Å². The lowest BCUT2D eigenvalue weighted by Crippen LogP contribution is -2.44. The molecule has 0 aromatic heterocycles. The zero-order valence-electron chi connectivity index (χ0n) is 18.6. The van der Waals surface area contributed by atoms with E-state index in [4.69, 9.17) is 19.3 Å². The van der Waals surface area contributed by atoms with Gasteiger partial charge in [-0.1, -0.05) is 18.2 Å². The lowest BCUT2D eigenvalue weighted by molar-refractivity contribution is -0.0704. The smallest absolute Gasteiger partial charge is 0.123 e. The standard InChI is InChI=1S/C25H34N2O4/c1-19-14-27(15-20(2)31-19)17-22-6-7-25-23(12-22)18-26(8-10-30-25)16-21-4-3-5-24(13-21)29-11-9-28/h3-7,12-13,19-20,28H,8-11,14-18H2,1-2H3/t19-,20+. The first-order chi connectivity index (χ1) is 15.1. The molecule has 2 aliphatic heterocycles. The predicted molar refractivity (Wildman–Crippen MR) is 120 cm³/mol. The van der Waals surface area contributed by atoms with Crippen LogP contribution in [0, 0.1) is 0 Å². The molecule has 0 bridgehead atoms. The van der Waals surface area contributed by atoms with Gasteiger partial charge in [-0.3, -0.25) is 9.80 Å². The number of hydrogen-bond acceptors (Lipinski definition) is 6. The van der Waals surface area contributed by atoms with Crippen LogP contribution in [0.2, 0.25) is 0 Å². The Balaban J connectivity index is 1.42. The highest BCUT2D eigenvalue weighted by molar-refractivity contribution is 5.38. The molecule has 0 unspecified atom stereocenters. The number of aliphatic hydroxyl groups excluding tert-OH is 1. The van der Waals surface area contributed by atoms with Gasteiger partial charge in [0.25, 0.3) is 0 Å². The first-order valence-corrected chi connectivity index (χ1v) is 11.3. The minimum Gasteiger partial charge on any atom is -0.492 e. The van der Waals surface area contributed by atoms with E-state index < -0.39 is 0 Å². The van der Waals surface area contributed by atoms with Gasteiger partial charge in [-0.25, -0.2) is 0 Å². The normalized spacial score (nSPS) is 22.4. The van der Waals surface area contributed by atoms with Crippen LogP contribution in [-0.4, -0.2) is 66.6 Å². The first kappa shape index (κ1) is 22.1. The fourth-order valence-corrected chi connectivity index (χ4v) is 4.56. The Kier molecular flexibility index (Phi) is 7.45. The number of morpholine rings is 1. The van der Waals surface area contributed by atoms with Gasteiger partial charge in [0.15, 0.2) is 0 Å². The highest BCUT2D eigenvalue weighted by atomic mass is 16.5. The minimum atomic E-state index is 0.0229. The van der Waals surface area contributed by atoms with E-state index in [1.807, 2.05) is 12.1 Å². The van der Waals surface area contributed by atoms with Gasteiger partial charge >= 0.3 is 0 Å². The van der Waals surface area contributed by atoms with Gasteiger partial charge in [-0.05, 0) is 49.2 Å². The van der Waals surface area contributed by atoms with Gasteiger partial charge in [0.05, 0.1) is 18.8 Å². The van der Waals surface area contributed by atoms with Crippen LogP contribution in [0.5, 0.6) is 11.5 Å². The Morgan fingerprint density at radius 1 is 1.00 bits per heavy atom. The maximum Gasteiger partial charge on any atom is 0.123 e. The molecule has 1 fully saturated rings. The Morgan fingerprint density at radius 2 is 1.77 bits per heavy atom. The Bertz CT molecular complexity index is 849. The zero-order valence-corrected chi connectivity index (χ0v) is 18.6. The maximum absolute atomic E-state index is 8.98. The average molecular weight is 427 g/mol. The summed E-state index contributed by atoms with van der Waals surface area (Å²) in [6, 6.07) is 14.7. The van der Waals surface area contributed by atoms with Crippen LogP contribution in [0.15, 0.2) is 42.5 Å². The Morgan fingerprint density at radius 3 is 2.58 bits per heavy atom. The summed E-state index contributed by atoms with van der Waals surface area (Å²) < 4.78 is 17.5. The quantitative estimate of drug-likeness (QED) is 0.735. The van der Waals surface area contributed by atoms with Crippen LogP contribution in [0.1, 0.15) is 30.5 Å². The van der Waals surface area contributed by atoms with E-state index in [2.05, 4.69) is 54.0 Å². The SMILES string of the molecule is C[C@@H]1CN(Cc2ccc3c(c2)CN(Cc2cccc(OCCO)c2)CCO3)C[C@H](C)O1. The molecule has 1 saturated heterocycles. The summed E-state index contributed by atoms with van der Waals surface area (Å²) >= 11 is 0. The molecular weight excluding hydrogens is 392 g/mol. The lowest BCUT2D eigenvalue weighted by Gasteiger charge is -2.35. The molecule has 168 valence electrons. The summed E-state index contributed by atoms with van der Waals surface area (Å²) in [5.41, 5.74) is 3.77. The summed E-state index contributed by atoms with van der Waals surface area (Å²) in [5, 5.41) is 8.98. The van der Waals surface area contributed by atoms with Crippen molar-refractivity contribution in [2.75, 3.05) is 39.5 Å². The van der Waals surface area contributed by atoms with Gasteiger partial charge in [0, 0.05) is 44.8 Å². The molecule has 0 spiro atoms. The predicted octanol–water partition coefficient (Wildman–Crippen LogP) is 3.06. The Labute approximate surface area is 185 Å². The second kappa shape index (κ2) is 10.5. The summed E-state index contributed by atoms with van der Waals surface area (Å²) in [7, 11) is 0. The minimum absolute atomic E-state index is 0.0229. The molecule has 6 heteroatoms. The molecule has 0 radical (unpaired) electrons. The molecule has 2 aromatic rings. The van der Waals surface area contributed by atoms with Crippen molar-refractivity contribution in [3.05, 3.63) is 59.2 Å². The molecule has 1 N–H and O–H groups in total. The van der Waals surface area contributed by atoms with Gasteiger partial charge in [0.1, 0.15) is 24.7 Å². The van der Waals surface area contributed by atoms with E-state index in [-0.39, 0.29) is 18.8 Å². The van der Waals surface area contributed by atoms with E-state index in [0.717, 1.165) is 50.8 Å². The third-order valence-electron chi connectivity index (χ3n) is 5.75. The van der Waals surface area contributed by atoms with Crippen molar-refractivity contribution < 1.29 is 19.3 Å². The molecule has 2 atom stereocenters. The van der Waals surface area contributed by atoms with Crippen molar-refractivity contribution in [3.63, 3.8) is 0 Å². The van der Waals surface area contributed by atoms with E-state index in [1.54, 1.807) is 0 Å². The fourth-order valence-electron chi connectivity index (χ4n) is 4.56. The molecule has 4 rings (SSSR count). The number of nitrogens with zero attached hydrogens (tertiary/aromatic N) is 2. The summed E-state index contributed by atoms with van der Waals surface area (Å²) in [4.78, 5) is 4.90. The number of rotatable bonds is 7. The number of benzene rings is 2. The van der Waals surface area contributed by atoms with Crippen molar-refractivity contribution in [1.82, 2.24) is 9.80 Å². The van der Waals surface area contributed by atoms with Crippen molar-refractivity contribution in [3.8, 4) is 11.5 Å². The fraction of sp³-hybridized carbons (Fsp3) is 0.520. The van der Waals surface area contributed by atoms with E-state index in [0.29, 0.717) is 13.2 Å². The van der Waals surface area contributed by atoms with Crippen LogP contribution in [0.4, 0.5) is 0 Å². The van der Waals surface area contributed by atoms with Crippen LogP contribution in [0.3, 0.4) is 0 Å². The molecule has 0 amide bonds. The topological polar surface area (TPSA) is 54.4 Å². The number of aliphatic hydroxyl groups is 1. The molecule has 2 aliphatic rings. The second-order valence-electron chi connectivity index (χ2n) is 8.67. The van der Waals surface area contributed by atoms with Crippen LogP contribution >= 0.6 is 0 Å². The maximum atomic E-state index is 8.98. The molecule has 6 nitrogen and oxygen atoms in total. The number of ether oxygens (including phenoxy) is 3. The molecule has 0 aliphatic carbocycles. The van der Waals surface area contributed by atoms with Crippen molar-refractivity contribution in [2.24, 2.45) is 0 Å². The van der Waals surface area contributed by atoms with Gasteiger partial charge in [0.2, 0.25) is 0 Å². The third-order valence-corrected chi connectivity index (χ3v) is 5.75. The number of fused-ring (bicyclic) bond motifs is 1. The first-order valence-electron chi connectivity index (χ1n) is 11.3. The summed E-state index contributed by atoms with van der Waals surface area (Å²) in [6.45, 7) is 10.8. The summed E-state index contributed by atoms with van der Waals surface area (Å²) in [5.74, 6) is 1.80. The zero-order chi connectivity index (χ0) is 21.6. The molecule has 0 saturated carbocycles. The van der Waals surface area contributed by atoms with E-state index in [1.165, 1.54) is 16.7 Å². The van der Waals surface area contributed by atoms with Crippen molar-refractivity contribution in [1.29, 1.82) is 0 Å². The summed E-state index contributed by atoms with van der Waals surface area (Å²) in [6.07, 6.45) is 0.557. The highest BCUT2D eigenvalue weighted by Crippen LogP contribution is 2.27. The third kappa shape index (κ3) is 6.20. The van der Waals surface area contributed by atoms with Gasteiger partial charge in [-0.2, -0.15) is 0 Å². The highest BCUT2D eigenvalue weighted by Gasteiger charge is 2.23. The Hall–Kier alpha value is -2.12. The molecular formula is C25H34N2O4. The van der Waals surface area contributed by atoms with Crippen LogP contribution < -0.4 is 9.47 Å². The lowest BCUT2D eigenvalue weighted by atomic mass is 10.1. The second-order valence-corrected chi connectivity index (χ2v) is 8.67. The van der Waals surface area contributed by atoms with Crippen molar-refractivity contribution >= 4 is 0 Å². The van der Waals surface area contributed by atoms with E-state index >= 15 is 0 Å². The molecule has 2 heterocycles. The number of hydrogen-bond donors (Lipinski definition) is 1. The van der Waals surface area contributed by atoms with E-state index in [9.17, 15) is 0 Å². The monoisotopic (exact) mass is 426 g/mol. The largest absolute Gasteiger partial charge is 0.492 e. The average Bonchev–Trinajstić information content (AvgIpc) is 2.93. The van der Waals surface area contributed by atoms with Crippen LogP contribution in [0.25, 0.3) is 0 Å². The van der Waals surface area contributed by atoms with Crippen LogP contribution in [-0.2, 0) is 24.4 Å². The van der Waals surface area contributed by atoms with Crippen molar-refractivity contribution in [2.45, 2.75) is 45.7 Å². The molecule has 31 heavy (non-hydrogen) atoms.